The van der Waals surface area contributed by atoms with Gasteiger partial charge in [0, 0.05) is 22.8 Å². The zero-order valence-corrected chi connectivity index (χ0v) is 12.6. The highest BCUT2D eigenvalue weighted by Gasteiger charge is 2.28. The van der Waals surface area contributed by atoms with E-state index in [2.05, 4.69) is 27.8 Å². The zero-order valence-electron chi connectivity index (χ0n) is 11.0. The molecule has 0 aliphatic rings. The van der Waals surface area contributed by atoms with Gasteiger partial charge in [-0.15, -0.1) is 0 Å². The fraction of sp³-hybridized carbons (Fsp3) is 0.312. The molecule has 0 spiro atoms. The maximum absolute atomic E-state index is 11.0. The van der Waals surface area contributed by atoms with Gasteiger partial charge in [0.05, 0.1) is 5.60 Å². The second-order valence-electron chi connectivity index (χ2n) is 4.79. The third-order valence-electron chi connectivity index (χ3n) is 3.24. The SMILES string of the molecule is CCCC(O)(Cc1ccc(Br)cn1)c1ccccc1. The Labute approximate surface area is 122 Å². The maximum Gasteiger partial charge on any atom is 0.0951 e. The monoisotopic (exact) mass is 319 g/mol. The third-order valence-corrected chi connectivity index (χ3v) is 3.71. The average molecular weight is 320 g/mol. The maximum atomic E-state index is 11.0. The van der Waals surface area contributed by atoms with E-state index in [4.69, 9.17) is 0 Å². The van der Waals surface area contributed by atoms with Crippen molar-refractivity contribution in [2.45, 2.75) is 31.8 Å². The number of aromatic nitrogens is 1. The van der Waals surface area contributed by atoms with Crippen LogP contribution in [-0.2, 0) is 12.0 Å². The number of rotatable bonds is 5. The highest BCUT2D eigenvalue weighted by Crippen LogP contribution is 2.30. The lowest BCUT2D eigenvalue weighted by Crippen LogP contribution is -2.28. The largest absolute Gasteiger partial charge is 0.385 e. The number of halogens is 1. The summed E-state index contributed by atoms with van der Waals surface area (Å²) in [6.07, 6.45) is 3.97. The number of nitrogens with zero attached hydrogens (tertiary/aromatic N) is 1. The Morgan fingerprint density at radius 1 is 1.16 bits per heavy atom. The van der Waals surface area contributed by atoms with Crippen LogP contribution in [0.2, 0.25) is 0 Å². The van der Waals surface area contributed by atoms with E-state index in [0.29, 0.717) is 6.42 Å². The quantitative estimate of drug-likeness (QED) is 0.901. The molecule has 0 aliphatic heterocycles. The first kappa shape index (κ1) is 14.2. The second-order valence-corrected chi connectivity index (χ2v) is 5.71. The van der Waals surface area contributed by atoms with Gasteiger partial charge in [-0.1, -0.05) is 43.7 Å². The van der Waals surface area contributed by atoms with E-state index in [1.807, 2.05) is 42.5 Å². The first-order chi connectivity index (χ1) is 9.14. The van der Waals surface area contributed by atoms with Gasteiger partial charge in [-0.25, -0.2) is 0 Å². The minimum atomic E-state index is -0.836. The summed E-state index contributed by atoms with van der Waals surface area (Å²) in [5.41, 5.74) is 1.03. The molecule has 0 amide bonds. The van der Waals surface area contributed by atoms with E-state index in [1.165, 1.54) is 0 Å². The van der Waals surface area contributed by atoms with Crippen LogP contribution < -0.4 is 0 Å². The molecule has 19 heavy (non-hydrogen) atoms. The van der Waals surface area contributed by atoms with Crippen LogP contribution in [0, 0.1) is 0 Å². The van der Waals surface area contributed by atoms with E-state index in [9.17, 15) is 5.11 Å². The Balaban J connectivity index is 2.27. The smallest absolute Gasteiger partial charge is 0.0951 e. The fourth-order valence-electron chi connectivity index (χ4n) is 2.31. The molecular weight excluding hydrogens is 302 g/mol. The molecule has 1 aromatic carbocycles. The lowest BCUT2D eigenvalue weighted by Gasteiger charge is -2.28. The van der Waals surface area contributed by atoms with Gasteiger partial charge in [0.1, 0.15) is 0 Å². The van der Waals surface area contributed by atoms with Gasteiger partial charge in [0.2, 0.25) is 0 Å². The van der Waals surface area contributed by atoms with Crippen molar-refractivity contribution in [1.29, 1.82) is 0 Å². The van der Waals surface area contributed by atoms with Crippen LogP contribution >= 0.6 is 15.9 Å². The van der Waals surface area contributed by atoms with Crippen molar-refractivity contribution in [2.75, 3.05) is 0 Å². The molecule has 0 aliphatic carbocycles. The van der Waals surface area contributed by atoms with Gasteiger partial charge in [-0.3, -0.25) is 4.98 Å². The summed E-state index contributed by atoms with van der Waals surface area (Å²) >= 11 is 3.38. The van der Waals surface area contributed by atoms with Gasteiger partial charge >= 0.3 is 0 Å². The van der Waals surface area contributed by atoms with Crippen molar-refractivity contribution in [3.8, 4) is 0 Å². The number of aliphatic hydroxyl groups is 1. The van der Waals surface area contributed by atoms with Crippen LogP contribution in [0.15, 0.2) is 53.1 Å². The number of benzene rings is 1. The summed E-state index contributed by atoms with van der Waals surface area (Å²) in [5.74, 6) is 0. The zero-order chi connectivity index (χ0) is 13.7. The molecule has 1 N–H and O–H groups in total. The molecule has 1 heterocycles. The summed E-state index contributed by atoms with van der Waals surface area (Å²) < 4.78 is 0.954. The molecule has 0 bridgehead atoms. The Morgan fingerprint density at radius 3 is 2.47 bits per heavy atom. The van der Waals surface area contributed by atoms with Crippen molar-refractivity contribution < 1.29 is 5.11 Å². The van der Waals surface area contributed by atoms with Crippen LogP contribution in [0.4, 0.5) is 0 Å². The first-order valence-electron chi connectivity index (χ1n) is 6.52. The molecule has 1 aromatic heterocycles. The molecule has 100 valence electrons. The summed E-state index contributed by atoms with van der Waals surface area (Å²) in [4.78, 5) is 4.36. The molecule has 2 aromatic rings. The summed E-state index contributed by atoms with van der Waals surface area (Å²) in [7, 11) is 0. The Hall–Kier alpha value is -1.19. The van der Waals surface area contributed by atoms with Crippen LogP contribution in [0.3, 0.4) is 0 Å². The summed E-state index contributed by atoms with van der Waals surface area (Å²) in [6.45, 7) is 2.09. The minimum Gasteiger partial charge on any atom is -0.385 e. The molecule has 0 fully saturated rings. The van der Waals surface area contributed by atoms with Crippen LogP contribution in [0.1, 0.15) is 31.0 Å². The van der Waals surface area contributed by atoms with E-state index in [-0.39, 0.29) is 0 Å². The molecular formula is C16H18BrNO. The van der Waals surface area contributed by atoms with Gasteiger partial charge < -0.3 is 5.11 Å². The normalized spacial score (nSPS) is 14.1. The predicted octanol–water partition coefficient (Wildman–Crippen LogP) is 4.07. The standard InChI is InChI=1S/C16H18BrNO/c1-2-10-16(19,13-6-4-3-5-7-13)11-15-9-8-14(17)12-18-15/h3-9,12,19H,2,10-11H2,1H3. The van der Waals surface area contributed by atoms with Gasteiger partial charge in [-0.05, 0) is 40.0 Å². The van der Waals surface area contributed by atoms with E-state index < -0.39 is 5.60 Å². The molecule has 0 radical (unpaired) electrons. The van der Waals surface area contributed by atoms with Crippen LogP contribution in [-0.4, -0.2) is 10.1 Å². The Bertz CT molecular complexity index is 512. The minimum absolute atomic E-state index is 0.540. The van der Waals surface area contributed by atoms with Crippen molar-refractivity contribution in [1.82, 2.24) is 4.98 Å². The first-order valence-corrected chi connectivity index (χ1v) is 7.32. The Morgan fingerprint density at radius 2 is 1.89 bits per heavy atom. The average Bonchev–Trinajstić information content (AvgIpc) is 2.43. The number of hydrogen-bond donors (Lipinski definition) is 1. The van der Waals surface area contributed by atoms with Crippen molar-refractivity contribution in [2.24, 2.45) is 0 Å². The van der Waals surface area contributed by atoms with E-state index >= 15 is 0 Å². The van der Waals surface area contributed by atoms with Crippen molar-refractivity contribution in [3.63, 3.8) is 0 Å². The molecule has 0 saturated heterocycles. The predicted molar refractivity (Wildman–Crippen MR) is 80.9 cm³/mol. The van der Waals surface area contributed by atoms with Crippen LogP contribution in [0.25, 0.3) is 0 Å². The van der Waals surface area contributed by atoms with Gasteiger partial charge in [0.25, 0.3) is 0 Å². The van der Waals surface area contributed by atoms with Crippen molar-refractivity contribution >= 4 is 15.9 Å². The molecule has 1 unspecified atom stereocenters. The van der Waals surface area contributed by atoms with Gasteiger partial charge in [0.15, 0.2) is 0 Å². The fourth-order valence-corrected chi connectivity index (χ4v) is 2.54. The molecule has 3 heteroatoms. The molecule has 1 atom stereocenters. The third kappa shape index (κ3) is 3.64. The van der Waals surface area contributed by atoms with Gasteiger partial charge in [-0.2, -0.15) is 0 Å². The highest BCUT2D eigenvalue weighted by molar-refractivity contribution is 9.10. The highest BCUT2D eigenvalue weighted by atomic mass is 79.9. The lowest BCUT2D eigenvalue weighted by atomic mass is 9.85. The number of pyridine rings is 1. The summed E-state index contributed by atoms with van der Waals surface area (Å²) in [6, 6.07) is 13.8. The molecule has 2 nitrogen and oxygen atoms in total. The second kappa shape index (κ2) is 6.31. The molecule has 2 rings (SSSR count). The lowest BCUT2D eigenvalue weighted by molar-refractivity contribution is 0.0259. The Kier molecular flexibility index (Phi) is 4.72. The van der Waals surface area contributed by atoms with Crippen molar-refractivity contribution in [3.05, 3.63) is 64.4 Å². The van der Waals surface area contributed by atoms with E-state index in [0.717, 1.165) is 28.6 Å². The molecule has 0 saturated carbocycles. The number of hydrogen-bond acceptors (Lipinski definition) is 2. The summed E-state index contributed by atoms with van der Waals surface area (Å²) in [5, 5.41) is 11.0. The van der Waals surface area contributed by atoms with Crippen LogP contribution in [0.5, 0.6) is 0 Å². The van der Waals surface area contributed by atoms with E-state index in [1.54, 1.807) is 6.20 Å². The topological polar surface area (TPSA) is 33.1 Å².